The zero-order valence-corrected chi connectivity index (χ0v) is 14.7. The van der Waals surface area contributed by atoms with Crippen LogP contribution in [0.25, 0.3) is 0 Å². The zero-order chi connectivity index (χ0) is 17.5. The third-order valence-electron chi connectivity index (χ3n) is 4.46. The molecule has 1 unspecified atom stereocenters. The Balaban J connectivity index is 2.15. The molecule has 6 heteroatoms. The molecular weight excluding hydrogens is 324 g/mol. The average Bonchev–Trinajstić information content (AvgIpc) is 2.76. The molecule has 2 aromatic rings. The molecule has 5 nitrogen and oxygen atoms in total. The SMILES string of the molecule is CN(C)S(=O)(=O)CC1(C)C(=O)N(c2ccccc2)c2ccccc21. The van der Waals surface area contributed by atoms with Crippen LogP contribution in [0, 0.1) is 0 Å². The Labute approximate surface area is 142 Å². The van der Waals surface area contributed by atoms with E-state index in [1.807, 2.05) is 54.6 Å². The molecule has 1 atom stereocenters. The highest BCUT2D eigenvalue weighted by Crippen LogP contribution is 2.46. The minimum Gasteiger partial charge on any atom is -0.280 e. The fraction of sp³-hybridized carbons (Fsp3) is 0.278. The second-order valence-electron chi connectivity index (χ2n) is 6.36. The summed E-state index contributed by atoms with van der Waals surface area (Å²) in [7, 11) is -0.565. The van der Waals surface area contributed by atoms with Crippen LogP contribution in [0.15, 0.2) is 54.6 Å². The summed E-state index contributed by atoms with van der Waals surface area (Å²) in [4.78, 5) is 14.8. The normalized spacial score (nSPS) is 20.5. The summed E-state index contributed by atoms with van der Waals surface area (Å²) in [5, 5.41) is 0. The molecule has 0 aromatic heterocycles. The number of hydrogen-bond acceptors (Lipinski definition) is 3. The molecule has 0 saturated carbocycles. The second kappa shape index (κ2) is 5.72. The summed E-state index contributed by atoms with van der Waals surface area (Å²) >= 11 is 0. The van der Waals surface area contributed by atoms with Crippen molar-refractivity contribution in [3.05, 3.63) is 60.2 Å². The van der Waals surface area contributed by atoms with E-state index in [1.54, 1.807) is 11.8 Å². The van der Waals surface area contributed by atoms with E-state index in [0.29, 0.717) is 0 Å². The van der Waals surface area contributed by atoms with Gasteiger partial charge in [-0.2, -0.15) is 0 Å². The Hall–Kier alpha value is -2.18. The van der Waals surface area contributed by atoms with E-state index in [9.17, 15) is 13.2 Å². The first-order valence-corrected chi connectivity index (χ1v) is 9.27. The van der Waals surface area contributed by atoms with Gasteiger partial charge in [-0.25, -0.2) is 12.7 Å². The van der Waals surface area contributed by atoms with E-state index in [1.165, 1.54) is 18.4 Å². The second-order valence-corrected chi connectivity index (χ2v) is 8.55. The molecule has 0 saturated heterocycles. The van der Waals surface area contributed by atoms with Crippen molar-refractivity contribution < 1.29 is 13.2 Å². The van der Waals surface area contributed by atoms with Crippen molar-refractivity contribution in [2.75, 3.05) is 24.7 Å². The lowest BCUT2D eigenvalue weighted by molar-refractivity contribution is -0.121. The van der Waals surface area contributed by atoms with E-state index in [-0.39, 0.29) is 11.7 Å². The largest absolute Gasteiger partial charge is 0.280 e. The number of para-hydroxylation sites is 2. The first kappa shape index (κ1) is 16.7. The van der Waals surface area contributed by atoms with Gasteiger partial charge in [-0.15, -0.1) is 0 Å². The number of amides is 1. The first-order chi connectivity index (χ1) is 11.3. The molecule has 0 fully saturated rings. The molecule has 1 aliphatic heterocycles. The van der Waals surface area contributed by atoms with Gasteiger partial charge >= 0.3 is 0 Å². The molecule has 1 heterocycles. The maximum atomic E-state index is 13.2. The van der Waals surface area contributed by atoms with Crippen molar-refractivity contribution in [2.45, 2.75) is 12.3 Å². The van der Waals surface area contributed by atoms with Gasteiger partial charge in [0, 0.05) is 19.8 Å². The van der Waals surface area contributed by atoms with Gasteiger partial charge in [0.15, 0.2) is 0 Å². The highest BCUT2D eigenvalue weighted by Gasteiger charge is 2.50. The van der Waals surface area contributed by atoms with Gasteiger partial charge in [0.25, 0.3) is 0 Å². The molecule has 126 valence electrons. The van der Waals surface area contributed by atoms with E-state index in [0.717, 1.165) is 16.9 Å². The summed E-state index contributed by atoms with van der Waals surface area (Å²) in [5.74, 6) is -0.480. The Morgan fingerprint density at radius 3 is 2.21 bits per heavy atom. The number of sulfonamides is 1. The van der Waals surface area contributed by atoms with Crippen LogP contribution in [0.5, 0.6) is 0 Å². The molecule has 2 aromatic carbocycles. The highest BCUT2D eigenvalue weighted by molar-refractivity contribution is 7.89. The number of carbonyl (C=O) groups excluding carboxylic acids is 1. The quantitative estimate of drug-likeness (QED) is 0.856. The van der Waals surface area contributed by atoms with Gasteiger partial charge in [0.05, 0.1) is 16.9 Å². The number of rotatable bonds is 4. The van der Waals surface area contributed by atoms with Crippen LogP contribution in [-0.4, -0.2) is 38.5 Å². The van der Waals surface area contributed by atoms with E-state index in [4.69, 9.17) is 0 Å². The van der Waals surface area contributed by atoms with Crippen LogP contribution in [-0.2, 0) is 20.2 Å². The van der Waals surface area contributed by atoms with Gasteiger partial charge in [-0.05, 0) is 30.7 Å². The predicted molar refractivity (Wildman–Crippen MR) is 94.9 cm³/mol. The number of fused-ring (bicyclic) bond motifs is 1. The molecule has 1 amide bonds. The fourth-order valence-electron chi connectivity index (χ4n) is 3.07. The molecule has 0 spiro atoms. The maximum Gasteiger partial charge on any atom is 0.243 e. The minimum absolute atomic E-state index is 0.222. The Kier molecular flexibility index (Phi) is 3.97. The lowest BCUT2D eigenvalue weighted by Gasteiger charge is -2.26. The smallest absolute Gasteiger partial charge is 0.243 e. The van der Waals surface area contributed by atoms with E-state index >= 15 is 0 Å². The molecule has 0 bridgehead atoms. The van der Waals surface area contributed by atoms with Crippen LogP contribution < -0.4 is 4.90 Å². The third-order valence-corrected chi connectivity index (χ3v) is 6.51. The molecule has 0 N–H and O–H groups in total. The molecule has 1 aliphatic rings. The average molecular weight is 344 g/mol. The predicted octanol–water partition coefficient (Wildman–Crippen LogP) is 2.51. The standard InChI is InChI=1S/C18H20N2O3S/c1-18(13-24(22,23)19(2)3)15-11-7-8-12-16(15)20(17(18)21)14-9-5-4-6-10-14/h4-12H,13H2,1-3H3. The van der Waals surface area contributed by atoms with Crippen molar-refractivity contribution in [3.8, 4) is 0 Å². The van der Waals surface area contributed by atoms with Crippen molar-refractivity contribution in [1.29, 1.82) is 0 Å². The van der Waals surface area contributed by atoms with Crippen LogP contribution in [0.3, 0.4) is 0 Å². The van der Waals surface area contributed by atoms with Crippen molar-refractivity contribution in [2.24, 2.45) is 0 Å². The van der Waals surface area contributed by atoms with Crippen molar-refractivity contribution >= 4 is 27.3 Å². The Morgan fingerprint density at radius 2 is 1.58 bits per heavy atom. The number of carbonyl (C=O) groups is 1. The minimum atomic E-state index is -3.54. The first-order valence-electron chi connectivity index (χ1n) is 7.67. The van der Waals surface area contributed by atoms with Gasteiger partial charge < -0.3 is 0 Å². The Morgan fingerprint density at radius 1 is 1.00 bits per heavy atom. The molecule has 0 radical (unpaired) electrons. The lowest BCUT2D eigenvalue weighted by atomic mass is 9.86. The van der Waals surface area contributed by atoms with Crippen LogP contribution in [0.2, 0.25) is 0 Å². The maximum absolute atomic E-state index is 13.2. The summed E-state index contributed by atoms with van der Waals surface area (Å²) in [6.45, 7) is 1.71. The molecule has 24 heavy (non-hydrogen) atoms. The Bertz CT molecular complexity index is 878. The summed E-state index contributed by atoms with van der Waals surface area (Å²) in [6.07, 6.45) is 0. The molecule has 0 aliphatic carbocycles. The summed E-state index contributed by atoms with van der Waals surface area (Å²) in [5.41, 5.74) is 1.10. The molecular formula is C18H20N2O3S. The van der Waals surface area contributed by atoms with E-state index in [2.05, 4.69) is 0 Å². The topological polar surface area (TPSA) is 57.7 Å². The van der Waals surface area contributed by atoms with E-state index < -0.39 is 15.4 Å². The summed E-state index contributed by atoms with van der Waals surface area (Å²) < 4.78 is 26.1. The fourth-order valence-corrected chi connectivity index (χ4v) is 4.34. The van der Waals surface area contributed by atoms with Gasteiger partial charge in [0.2, 0.25) is 15.9 Å². The van der Waals surface area contributed by atoms with Crippen LogP contribution in [0.4, 0.5) is 11.4 Å². The van der Waals surface area contributed by atoms with Crippen LogP contribution in [0.1, 0.15) is 12.5 Å². The van der Waals surface area contributed by atoms with Crippen molar-refractivity contribution in [3.63, 3.8) is 0 Å². The monoisotopic (exact) mass is 344 g/mol. The third kappa shape index (κ3) is 2.52. The number of anilines is 2. The van der Waals surface area contributed by atoms with Gasteiger partial charge in [-0.1, -0.05) is 36.4 Å². The van der Waals surface area contributed by atoms with Crippen molar-refractivity contribution in [1.82, 2.24) is 4.31 Å². The number of hydrogen-bond donors (Lipinski definition) is 0. The highest BCUT2D eigenvalue weighted by atomic mass is 32.2. The number of benzene rings is 2. The zero-order valence-electron chi connectivity index (χ0n) is 13.9. The summed E-state index contributed by atoms with van der Waals surface area (Å²) in [6, 6.07) is 16.7. The van der Waals surface area contributed by atoms with Crippen LogP contribution >= 0.6 is 0 Å². The molecule has 3 rings (SSSR count). The van der Waals surface area contributed by atoms with Gasteiger partial charge in [0.1, 0.15) is 0 Å². The van der Waals surface area contributed by atoms with Gasteiger partial charge in [-0.3, -0.25) is 9.69 Å². The lowest BCUT2D eigenvalue weighted by Crippen LogP contribution is -2.44. The number of nitrogens with zero attached hydrogens (tertiary/aromatic N) is 2.